The van der Waals surface area contributed by atoms with Crippen molar-refractivity contribution in [1.82, 2.24) is 9.78 Å². The Kier molecular flexibility index (Phi) is 4.27. The molecule has 1 aromatic carbocycles. The molecule has 5 heteroatoms. The number of nitrogens with zero attached hydrogens (tertiary/aromatic N) is 2. The van der Waals surface area contributed by atoms with Crippen LogP contribution in [0.25, 0.3) is 10.9 Å². The second-order valence-corrected chi connectivity index (χ2v) is 4.72. The lowest BCUT2D eigenvalue weighted by molar-refractivity contribution is 0.245. The Bertz CT molecular complexity index is 545. The van der Waals surface area contributed by atoms with Crippen LogP contribution in [-0.2, 0) is 0 Å². The number of hydrogen-bond donors (Lipinski definition) is 2. The predicted octanol–water partition coefficient (Wildman–Crippen LogP) is 2.35. The van der Waals surface area contributed by atoms with Gasteiger partial charge in [-0.1, -0.05) is 13.3 Å². The van der Waals surface area contributed by atoms with Crippen LogP contribution in [0.5, 0.6) is 5.75 Å². The summed E-state index contributed by atoms with van der Waals surface area (Å²) in [5.74, 6) is 0.645. The normalized spacial score (nSPS) is 12.8. The number of rotatable bonds is 6. The van der Waals surface area contributed by atoms with Crippen molar-refractivity contribution in [2.45, 2.75) is 32.2 Å². The number of hydrogen-bond acceptors (Lipinski definition) is 4. The molecule has 1 atom stereocenters. The van der Waals surface area contributed by atoms with Crippen molar-refractivity contribution in [3.05, 3.63) is 18.3 Å². The molecule has 0 amide bonds. The van der Waals surface area contributed by atoms with E-state index in [9.17, 15) is 0 Å². The standard InChI is InChI=1S/C14H21N3O2/c1-3-4-11(5-6-18)17-9-10-7-12(15)14(19-2)8-13(10)16-17/h7-9,11,18H,3-6,15H2,1-2H3/t11-/m1/s1. The minimum atomic E-state index is 0.173. The Morgan fingerprint density at radius 3 is 2.84 bits per heavy atom. The number of benzene rings is 1. The van der Waals surface area contributed by atoms with Gasteiger partial charge in [0.15, 0.2) is 0 Å². The Balaban J connectivity index is 2.39. The molecule has 0 saturated heterocycles. The summed E-state index contributed by atoms with van der Waals surface area (Å²) in [4.78, 5) is 0. The highest BCUT2D eigenvalue weighted by atomic mass is 16.5. The third-order valence-corrected chi connectivity index (χ3v) is 3.33. The number of nitrogen functional groups attached to an aromatic ring is 1. The summed E-state index contributed by atoms with van der Waals surface area (Å²) in [7, 11) is 1.60. The predicted molar refractivity (Wildman–Crippen MR) is 76.3 cm³/mol. The lowest BCUT2D eigenvalue weighted by atomic mass is 10.1. The summed E-state index contributed by atoms with van der Waals surface area (Å²) >= 11 is 0. The Labute approximate surface area is 113 Å². The quantitative estimate of drug-likeness (QED) is 0.785. The van der Waals surface area contributed by atoms with Crippen molar-refractivity contribution in [3.63, 3.8) is 0 Å². The Morgan fingerprint density at radius 2 is 2.21 bits per heavy atom. The molecule has 0 spiro atoms. The molecule has 0 unspecified atom stereocenters. The molecule has 0 aliphatic carbocycles. The van der Waals surface area contributed by atoms with Crippen LogP contribution >= 0.6 is 0 Å². The zero-order valence-corrected chi connectivity index (χ0v) is 11.5. The third-order valence-electron chi connectivity index (χ3n) is 3.33. The molecule has 2 aromatic rings. The van der Waals surface area contributed by atoms with E-state index in [1.165, 1.54) is 0 Å². The fourth-order valence-electron chi connectivity index (χ4n) is 2.34. The van der Waals surface area contributed by atoms with E-state index in [-0.39, 0.29) is 12.6 Å². The van der Waals surface area contributed by atoms with Crippen LogP contribution in [0.4, 0.5) is 5.69 Å². The molecule has 104 valence electrons. The molecule has 0 aliphatic heterocycles. The van der Waals surface area contributed by atoms with Crippen LogP contribution in [0.1, 0.15) is 32.2 Å². The van der Waals surface area contributed by atoms with Crippen LogP contribution in [-0.4, -0.2) is 28.6 Å². The van der Waals surface area contributed by atoms with E-state index < -0.39 is 0 Å². The van der Waals surface area contributed by atoms with Crippen LogP contribution in [0, 0.1) is 0 Å². The van der Waals surface area contributed by atoms with E-state index in [4.69, 9.17) is 15.6 Å². The number of fused-ring (bicyclic) bond motifs is 1. The van der Waals surface area contributed by atoms with Gasteiger partial charge in [-0.25, -0.2) is 0 Å². The number of aromatic nitrogens is 2. The molecule has 2 rings (SSSR count). The summed E-state index contributed by atoms with van der Waals surface area (Å²) in [5, 5.41) is 14.7. The highest BCUT2D eigenvalue weighted by Gasteiger charge is 2.13. The van der Waals surface area contributed by atoms with Crippen molar-refractivity contribution in [3.8, 4) is 5.75 Å². The molecular formula is C14H21N3O2. The average molecular weight is 263 g/mol. The number of ether oxygens (including phenoxy) is 1. The summed E-state index contributed by atoms with van der Waals surface area (Å²) in [6.07, 6.45) is 4.77. The number of aliphatic hydroxyl groups excluding tert-OH is 1. The van der Waals surface area contributed by atoms with E-state index in [1.807, 2.05) is 23.0 Å². The highest BCUT2D eigenvalue weighted by molar-refractivity contribution is 5.84. The van der Waals surface area contributed by atoms with E-state index in [1.54, 1.807) is 7.11 Å². The second kappa shape index (κ2) is 5.93. The largest absolute Gasteiger partial charge is 0.495 e. The number of methoxy groups -OCH3 is 1. The van der Waals surface area contributed by atoms with Gasteiger partial charge in [0.05, 0.1) is 24.4 Å². The molecule has 0 saturated carbocycles. The lowest BCUT2D eigenvalue weighted by Gasteiger charge is -2.14. The molecule has 0 bridgehead atoms. The molecule has 0 fully saturated rings. The van der Waals surface area contributed by atoms with Crippen molar-refractivity contribution in [1.29, 1.82) is 0 Å². The van der Waals surface area contributed by atoms with Gasteiger partial charge < -0.3 is 15.6 Å². The van der Waals surface area contributed by atoms with Crippen LogP contribution < -0.4 is 10.5 Å². The summed E-state index contributed by atoms with van der Waals surface area (Å²) in [6, 6.07) is 3.96. The van der Waals surface area contributed by atoms with Crippen molar-refractivity contribution < 1.29 is 9.84 Å². The van der Waals surface area contributed by atoms with Gasteiger partial charge in [-0.3, -0.25) is 4.68 Å². The first-order valence-electron chi connectivity index (χ1n) is 6.62. The van der Waals surface area contributed by atoms with Crippen molar-refractivity contribution in [2.75, 3.05) is 19.5 Å². The van der Waals surface area contributed by atoms with Gasteiger partial charge in [0.1, 0.15) is 5.75 Å². The van der Waals surface area contributed by atoms with Gasteiger partial charge in [-0.05, 0) is 18.9 Å². The zero-order chi connectivity index (χ0) is 13.8. The average Bonchev–Trinajstić information content (AvgIpc) is 2.80. The lowest BCUT2D eigenvalue weighted by Crippen LogP contribution is -2.11. The summed E-state index contributed by atoms with van der Waals surface area (Å²) in [5.41, 5.74) is 7.38. The molecule has 1 aromatic heterocycles. The smallest absolute Gasteiger partial charge is 0.144 e. The molecule has 0 radical (unpaired) electrons. The van der Waals surface area contributed by atoms with Gasteiger partial charge in [0.2, 0.25) is 0 Å². The molecular weight excluding hydrogens is 242 g/mol. The fourth-order valence-corrected chi connectivity index (χ4v) is 2.34. The first-order valence-corrected chi connectivity index (χ1v) is 6.62. The highest BCUT2D eigenvalue weighted by Crippen LogP contribution is 2.28. The minimum Gasteiger partial charge on any atom is -0.495 e. The van der Waals surface area contributed by atoms with E-state index in [0.29, 0.717) is 17.9 Å². The van der Waals surface area contributed by atoms with Crippen LogP contribution in [0.2, 0.25) is 0 Å². The molecule has 0 aliphatic rings. The molecule has 5 nitrogen and oxygen atoms in total. The first-order chi connectivity index (χ1) is 9.19. The maximum atomic E-state index is 9.14. The van der Waals surface area contributed by atoms with Crippen LogP contribution in [0.3, 0.4) is 0 Å². The minimum absolute atomic E-state index is 0.173. The topological polar surface area (TPSA) is 73.3 Å². The zero-order valence-electron chi connectivity index (χ0n) is 11.5. The maximum absolute atomic E-state index is 9.14. The van der Waals surface area contributed by atoms with Gasteiger partial charge in [-0.15, -0.1) is 0 Å². The number of aliphatic hydroxyl groups is 1. The van der Waals surface area contributed by atoms with Gasteiger partial charge >= 0.3 is 0 Å². The van der Waals surface area contributed by atoms with Gasteiger partial charge in [-0.2, -0.15) is 5.10 Å². The molecule has 19 heavy (non-hydrogen) atoms. The van der Waals surface area contributed by atoms with E-state index in [2.05, 4.69) is 12.0 Å². The third kappa shape index (κ3) is 2.81. The maximum Gasteiger partial charge on any atom is 0.144 e. The monoisotopic (exact) mass is 263 g/mol. The summed E-state index contributed by atoms with van der Waals surface area (Å²) in [6.45, 7) is 2.31. The number of anilines is 1. The number of nitrogens with two attached hydrogens (primary N) is 1. The Hall–Kier alpha value is -1.75. The van der Waals surface area contributed by atoms with E-state index >= 15 is 0 Å². The first kappa shape index (κ1) is 13.7. The van der Waals surface area contributed by atoms with Crippen molar-refractivity contribution >= 4 is 16.6 Å². The fraction of sp³-hybridized carbons (Fsp3) is 0.500. The van der Waals surface area contributed by atoms with Crippen molar-refractivity contribution in [2.24, 2.45) is 0 Å². The SMILES string of the molecule is CCC[C@H](CCO)n1cc2cc(N)c(OC)cc2n1. The molecule has 1 heterocycles. The summed E-state index contributed by atoms with van der Waals surface area (Å²) < 4.78 is 7.14. The van der Waals surface area contributed by atoms with Gasteiger partial charge in [0, 0.05) is 24.3 Å². The second-order valence-electron chi connectivity index (χ2n) is 4.72. The van der Waals surface area contributed by atoms with Gasteiger partial charge in [0.25, 0.3) is 0 Å². The van der Waals surface area contributed by atoms with Crippen LogP contribution in [0.15, 0.2) is 18.3 Å². The van der Waals surface area contributed by atoms with E-state index in [0.717, 1.165) is 23.7 Å². The molecule has 3 N–H and O–H groups in total. The Morgan fingerprint density at radius 1 is 1.42 bits per heavy atom.